The SMILES string of the molecule is C[C@H](Nc1ccccn1)C(=O)N1CCc2ccc(-c3ccc(C(F)(F)F)cc3)cc2C1. The predicted molar refractivity (Wildman–Crippen MR) is 113 cm³/mol. The number of nitrogens with one attached hydrogen (secondary N) is 1. The second-order valence-corrected chi connectivity index (χ2v) is 7.65. The maximum absolute atomic E-state index is 12.9. The van der Waals surface area contributed by atoms with Crippen molar-refractivity contribution < 1.29 is 18.0 Å². The molecule has 2 heterocycles. The highest BCUT2D eigenvalue weighted by molar-refractivity contribution is 5.84. The van der Waals surface area contributed by atoms with Gasteiger partial charge in [-0.15, -0.1) is 0 Å². The summed E-state index contributed by atoms with van der Waals surface area (Å²) in [5, 5.41) is 3.12. The zero-order chi connectivity index (χ0) is 22.0. The average Bonchev–Trinajstić information content (AvgIpc) is 2.78. The van der Waals surface area contributed by atoms with Crippen LogP contribution in [-0.4, -0.2) is 28.4 Å². The van der Waals surface area contributed by atoms with E-state index in [0.717, 1.165) is 35.2 Å². The number of anilines is 1. The lowest BCUT2D eigenvalue weighted by atomic mass is 9.94. The molecule has 1 atom stereocenters. The number of nitrogens with zero attached hydrogens (tertiary/aromatic N) is 2. The summed E-state index contributed by atoms with van der Waals surface area (Å²) < 4.78 is 38.5. The van der Waals surface area contributed by atoms with Gasteiger partial charge in [0, 0.05) is 19.3 Å². The maximum atomic E-state index is 12.9. The molecule has 4 nitrogen and oxygen atoms in total. The predicted octanol–water partition coefficient (Wildman–Crippen LogP) is 5.15. The van der Waals surface area contributed by atoms with E-state index in [4.69, 9.17) is 0 Å². The third-order valence-electron chi connectivity index (χ3n) is 5.48. The molecule has 0 unspecified atom stereocenters. The number of fused-ring (bicyclic) bond motifs is 1. The fourth-order valence-electron chi connectivity index (χ4n) is 3.78. The van der Waals surface area contributed by atoms with Crippen molar-refractivity contribution in [2.24, 2.45) is 0 Å². The average molecular weight is 425 g/mol. The van der Waals surface area contributed by atoms with Crippen molar-refractivity contribution in [1.29, 1.82) is 0 Å². The van der Waals surface area contributed by atoms with E-state index in [-0.39, 0.29) is 5.91 Å². The van der Waals surface area contributed by atoms with Gasteiger partial charge in [-0.25, -0.2) is 4.98 Å². The molecule has 160 valence electrons. The molecule has 1 N–H and O–H groups in total. The highest BCUT2D eigenvalue weighted by atomic mass is 19.4. The van der Waals surface area contributed by atoms with Crippen LogP contribution in [0.3, 0.4) is 0 Å². The Morgan fingerprint density at radius 2 is 1.77 bits per heavy atom. The first-order chi connectivity index (χ1) is 14.8. The van der Waals surface area contributed by atoms with Gasteiger partial charge in [0.1, 0.15) is 11.9 Å². The molecule has 7 heteroatoms. The molecule has 0 saturated carbocycles. The Morgan fingerprint density at radius 3 is 2.45 bits per heavy atom. The first kappa shape index (κ1) is 20.9. The molecule has 1 aliphatic rings. The van der Waals surface area contributed by atoms with Gasteiger partial charge in [-0.2, -0.15) is 13.2 Å². The van der Waals surface area contributed by atoms with Crippen molar-refractivity contribution >= 4 is 11.7 Å². The third-order valence-corrected chi connectivity index (χ3v) is 5.48. The molecular formula is C24H22F3N3O. The molecule has 0 bridgehead atoms. The van der Waals surface area contributed by atoms with E-state index in [0.29, 0.717) is 24.5 Å². The fraction of sp³-hybridized carbons (Fsp3) is 0.250. The minimum absolute atomic E-state index is 0.0174. The van der Waals surface area contributed by atoms with Crippen LogP contribution in [0, 0.1) is 0 Å². The maximum Gasteiger partial charge on any atom is 0.416 e. The summed E-state index contributed by atoms with van der Waals surface area (Å²) in [6, 6.07) is 16.1. The van der Waals surface area contributed by atoms with Crippen LogP contribution >= 0.6 is 0 Å². The molecule has 1 amide bonds. The van der Waals surface area contributed by atoms with E-state index in [2.05, 4.69) is 10.3 Å². The van der Waals surface area contributed by atoms with Gasteiger partial charge in [-0.3, -0.25) is 4.79 Å². The molecule has 0 saturated heterocycles. The van der Waals surface area contributed by atoms with Crippen LogP contribution in [0.5, 0.6) is 0 Å². The second-order valence-electron chi connectivity index (χ2n) is 7.65. The number of pyridine rings is 1. The molecule has 0 fully saturated rings. The lowest BCUT2D eigenvalue weighted by molar-refractivity contribution is -0.137. The van der Waals surface area contributed by atoms with Crippen LogP contribution < -0.4 is 5.32 Å². The molecular weight excluding hydrogens is 403 g/mol. The standard InChI is InChI=1S/C24H22F3N3O/c1-16(29-22-4-2-3-12-28-22)23(31)30-13-11-18-5-6-19(14-20(18)15-30)17-7-9-21(10-8-17)24(25,26)27/h2-10,12,14,16H,11,13,15H2,1H3,(H,28,29)/t16-/m0/s1. The molecule has 2 aromatic carbocycles. The van der Waals surface area contributed by atoms with Crippen LogP contribution in [0.2, 0.25) is 0 Å². The number of halogens is 3. The Bertz CT molecular complexity index is 1070. The van der Waals surface area contributed by atoms with Gasteiger partial charge in [0.05, 0.1) is 5.56 Å². The minimum Gasteiger partial charge on any atom is -0.359 e. The highest BCUT2D eigenvalue weighted by Gasteiger charge is 2.30. The largest absolute Gasteiger partial charge is 0.416 e. The number of aromatic nitrogens is 1. The summed E-state index contributed by atoms with van der Waals surface area (Å²) in [6.45, 7) is 2.90. The molecule has 3 aromatic rings. The van der Waals surface area contributed by atoms with Crippen LogP contribution in [-0.2, 0) is 23.9 Å². The summed E-state index contributed by atoms with van der Waals surface area (Å²) in [5.74, 6) is 0.626. The Balaban J connectivity index is 1.49. The molecule has 4 rings (SSSR count). The zero-order valence-electron chi connectivity index (χ0n) is 17.0. The monoisotopic (exact) mass is 425 g/mol. The van der Waals surface area contributed by atoms with Crippen molar-refractivity contribution in [2.75, 3.05) is 11.9 Å². The van der Waals surface area contributed by atoms with E-state index in [9.17, 15) is 18.0 Å². The molecule has 0 radical (unpaired) electrons. The van der Waals surface area contributed by atoms with Crippen molar-refractivity contribution in [1.82, 2.24) is 9.88 Å². The summed E-state index contributed by atoms with van der Waals surface area (Å²) in [4.78, 5) is 18.9. The number of carbonyl (C=O) groups is 1. The van der Waals surface area contributed by atoms with Gasteiger partial charge in [-0.1, -0.05) is 30.3 Å². The molecule has 31 heavy (non-hydrogen) atoms. The Kier molecular flexibility index (Phi) is 5.67. The van der Waals surface area contributed by atoms with E-state index >= 15 is 0 Å². The fourth-order valence-corrected chi connectivity index (χ4v) is 3.78. The second kappa shape index (κ2) is 8.41. The first-order valence-corrected chi connectivity index (χ1v) is 10.1. The summed E-state index contributed by atoms with van der Waals surface area (Å²) in [7, 11) is 0. The number of benzene rings is 2. The minimum atomic E-state index is -4.35. The normalized spacial score (nSPS) is 14.6. The van der Waals surface area contributed by atoms with Crippen molar-refractivity contribution in [3.8, 4) is 11.1 Å². The van der Waals surface area contributed by atoms with E-state index in [1.165, 1.54) is 12.1 Å². The molecule has 0 spiro atoms. The number of hydrogen-bond acceptors (Lipinski definition) is 3. The van der Waals surface area contributed by atoms with Gasteiger partial charge in [0.25, 0.3) is 0 Å². The number of rotatable bonds is 4. The topological polar surface area (TPSA) is 45.2 Å². The quantitative estimate of drug-likeness (QED) is 0.629. The summed E-state index contributed by atoms with van der Waals surface area (Å²) in [6.07, 6.45) is -1.95. The van der Waals surface area contributed by atoms with Crippen LogP contribution in [0.4, 0.5) is 19.0 Å². The molecule has 1 aliphatic heterocycles. The van der Waals surface area contributed by atoms with Crippen molar-refractivity contribution in [3.63, 3.8) is 0 Å². The van der Waals surface area contributed by atoms with Crippen LogP contribution in [0.1, 0.15) is 23.6 Å². The van der Waals surface area contributed by atoms with Gasteiger partial charge in [0.2, 0.25) is 5.91 Å². The Morgan fingerprint density at radius 1 is 1.03 bits per heavy atom. The van der Waals surface area contributed by atoms with Gasteiger partial charge in [-0.05, 0) is 65.9 Å². The highest BCUT2D eigenvalue weighted by Crippen LogP contribution is 2.32. The van der Waals surface area contributed by atoms with Crippen molar-refractivity contribution in [3.05, 3.63) is 83.6 Å². The van der Waals surface area contributed by atoms with Crippen LogP contribution in [0.25, 0.3) is 11.1 Å². The van der Waals surface area contributed by atoms with Gasteiger partial charge in [0.15, 0.2) is 0 Å². The Hall–Kier alpha value is -3.35. The summed E-state index contributed by atoms with van der Waals surface area (Å²) in [5.41, 5.74) is 3.05. The number of amides is 1. The Labute approximate surface area is 178 Å². The van der Waals surface area contributed by atoms with E-state index in [1.54, 1.807) is 11.1 Å². The lowest BCUT2D eigenvalue weighted by Crippen LogP contribution is -2.43. The molecule has 0 aliphatic carbocycles. The molecule has 1 aromatic heterocycles. The van der Waals surface area contributed by atoms with E-state index < -0.39 is 17.8 Å². The van der Waals surface area contributed by atoms with Gasteiger partial charge >= 0.3 is 6.18 Å². The zero-order valence-corrected chi connectivity index (χ0v) is 17.0. The number of alkyl halides is 3. The van der Waals surface area contributed by atoms with Crippen LogP contribution in [0.15, 0.2) is 66.9 Å². The smallest absolute Gasteiger partial charge is 0.359 e. The lowest BCUT2D eigenvalue weighted by Gasteiger charge is -2.31. The van der Waals surface area contributed by atoms with Crippen molar-refractivity contribution in [2.45, 2.75) is 32.1 Å². The number of hydrogen-bond donors (Lipinski definition) is 1. The summed E-state index contributed by atoms with van der Waals surface area (Å²) >= 11 is 0. The number of carbonyl (C=O) groups excluding carboxylic acids is 1. The van der Waals surface area contributed by atoms with Gasteiger partial charge < -0.3 is 10.2 Å². The van der Waals surface area contributed by atoms with E-state index in [1.807, 2.05) is 43.3 Å². The third kappa shape index (κ3) is 4.71. The first-order valence-electron chi connectivity index (χ1n) is 10.1.